The molecule has 5 heteroatoms. The first-order valence-corrected chi connectivity index (χ1v) is 22.6. The van der Waals surface area contributed by atoms with Crippen LogP contribution in [0, 0.1) is 17.3 Å². The molecule has 0 radical (unpaired) electrons. The van der Waals surface area contributed by atoms with Crippen molar-refractivity contribution in [2.75, 3.05) is 0 Å². The zero-order valence-corrected chi connectivity index (χ0v) is 33.3. The van der Waals surface area contributed by atoms with E-state index in [1.165, 1.54) is 24.0 Å². The molecule has 0 saturated heterocycles. The second kappa shape index (κ2) is 14.6. The van der Waals surface area contributed by atoms with E-state index in [1.54, 1.807) is 5.57 Å². The Kier molecular flexibility index (Phi) is 12.5. The fraction of sp³-hybridized carbons (Fsp3) is 0.821. The molecule has 3 aliphatic carbocycles. The highest BCUT2D eigenvalue weighted by Gasteiger charge is 2.52. The quantitative estimate of drug-likeness (QED) is 0.199. The largest absolute Gasteiger partial charge is 0.413 e. The highest BCUT2D eigenvalue weighted by atomic mass is 28.4. The highest BCUT2D eigenvalue weighted by Crippen LogP contribution is 2.58. The lowest BCUT2D eigenvalue weighted by atomic mass is 9.63. The molecule has 0 aliphatic heterocycles. The summed E-state index contributed by atoms with van der Waals surface area (Å²) >= 11 is 0. The molecule has 3 fully saturated rings. The van der Waals surface area contributed by atoms with Crippen LogP contribution in [-0.2, 0) is 13.6 Å². The third kappa shape index (κ3) is 6.92. The molecule has 5 atom stereocenters. The lowest BCUT2D eigenvalue weighted by Crippen LogP contribution is -2.54. The first-order chi connectivity index (χ1) is 20.4. The van der Waals surface area contributed by atoms with Crippen molar-refractivity contribution in [2.24, 2.45) is 17.3 Å². The molecule has 252 valence electrons. The van der Waals surface area contributed by atoms with E-state index >= 15 is 0 Å². The molecule has 0 N–H and O–H groups in total. The van der Waals surface area contributed by atoms with Crippen LogP contribution in [0.15, 0.2) is 35.5 Å². The summed E-state index contributed by atoms with van der Waals surface area (Å²) in [6.45, 7) is 37.7. The third-order valence-electron chi connectivity index (χ3n) is 12.8. The van der Waals surface area contributed by atoms with E-state index in [4.69, 9.17) is 15.4 Å². The summed E-state index contributed by atoms with van der Waals surface area (Å²) in [6, 6.07) is 0. The number of rotatable bonds is 12. The van der Waals surface area contributed by atoms with Gasteiger partial charge < -0.3 is 8.85 Å². The molecule has 0 bridgehead atoms. The van der Waals surface area contributed by atoms with Gasteiger partial charge in [-0.3, -0.25) is 4.79 Å². The summed E-state index contributed by atoms with van der Waals surface area (Å²) < 4.78 is 15.0. The van der Waals surface area contributed by atoms with Crippen molar-refractivity contribution in [3.63, 3.8) is 0 Å². The first-order valence-electron chi connectivity index (χ1n) is 18.3. The number of hydrogen-bond donors (Lipinski definition) is 0. The third-order valence-corrected chi connectivity index (χ3v) is 25.1. The Labute approximate surface area is 275 Å². The number of hydrogen-bond acceptors (Lipinski definition) is 3. The molecular weight excluding hydrogens is 573 g/mol. The van der Waals surface area contributed by atoms with Crippen molar-refractivity contribution in [2.45, 2.75) is 187 Å². The predicted molar refractivity (Wildman–Crippen MR) is 195 cm³/mol. The number of ketones is 1. The lowest BCUT2D eigenvalue weighted by molar-refractivity contribution is -0.124. The standard InChI is InChI=1S/C39H70O3Si2/c1-25(2)43(26(3)4,27(5)6)41-35-23-34(31(13)38(24-35)42-44(28(7)8,29(9)10)30(11)12)19-18-33-17-16-22-39(15)36(32(14)40)20-21-37(33)39/h18-19,25-30,35-38H,13,16-17,20-24H2,1-12,14-15H3/t35-,36-,37+,38+,39-/m1/s1. The fourth-order valence-electron chi connectivity index (χ4n) is 10.9. The molecule has 0 aromatic heterocycles. The molecule has 3 saturated carbocycles. The topological polar surface area (TPSA) is 35.5 Å². The smallest absolute Gasteiger partial charge is 0.201 e. The van der Waals surface area contributed by atoms with Crippen LogP contribution < -0.4 is 0 Å². The normalized spacial score (nSPS) is 30.7. The molecule has 0 heterocycles. The van der Waals surface area contributed by atoms with Crippen molar-refractivity contribution >= 4 is 22.4 Å². The fourth-order valence-corrected chi connectivity index (χ4v) is 22.0. The zero-order valence-electron chi connectivity index (χ0n) is 31.3. The molecule has 0 aromatic carbocycles. The van der Waals surface area contributed by atoms with Gasteiger partial charge in [0.1, 0.15) is 5.78 Å². The summed E-state index contributed by atoms with van der Waals surface area (Å²) in [5.41, 5.74) is 7.39. The van der Waals surface area contributed by atoms with E-state index in [1.807, 2.05) is 6.92 Å². The summed E-state index contributed by atoms with van der Waals surface area (Å²) in [7, 11) is -4.19. The number of allylic oxidation sites excluding steroid dienone is 3. The van der Waals surface area contributed by atoms with Gasteiger partial charge in [0.15, 0.2) is 0 Å². The lowest BCUT2D eigenvalue weighted by Gasteiger charge is -2.49. The van der Waals surface area contributed by atoms with Crippen LogP contribution in [0.4, 0.5) is 0 Å². The zero-order chi connectivity index (χ0) is 33.4. The SMILES string of the molecule is C=C1C(=CC=C2CCC[C@]3(C)[C@@H](C(C)=O)CC[C@@H]23)C[C@@H](O[Si](C(C)C)(C(C)C)C(C)C)C[C@@H]1O[Si](C(C)C)(C(C)C)C(C)C. The minimum absolute atomic E-state index is 0.000601. The molecule has 0 aromatic rings. The van der Waals surface area contributed by atoms with E-state index in [-0.39, 0.29) is 23.5 Å². The molecule has 44 heavy (non-hydrogen) atoms. The maximum atomic E-state index is 12.6. The van der Waals surface area contributed by atoms with Gasteiger partial charge in [-0.1, -0.05) is 114 Å². The van der Waals surface area contributed by atoms with Crippen molar-refractivity contribution in [1.82, 2.24) is 0 Å². The second-order valence-electron chi connectivity index (χ2n) is 17.0. The van der Waals surface area contributed by atoms with Crippen molar-refractivity contribution < 1.29 is 13.6 Å². The van der Waals surface area contributed by atoms with Gasteiger partial charge in [0.05, 0.1) is 12.2 Å². The maximum absolute atomic E-state index is 12.6. The Morgan fingerprint density at radius 1 is 0.818 bits per heavy atom. The number of Topliss-reactive ketones (excluding diaryl/α,β-unsaturated/α-hetero) is 1. The summed E-state index contributed by atoms with van der Waals surface area (Å²) in [4.78, 5) is 12.6. The van der Waals surface area contributed by atoms with Crippen LogP contribution in [0.25, 0.3) is 0 Å². The van der Waals surface area contributed by atoms with E-state index in [2.05, 4.69) is 102 Å². The van der Waals surface area contributed by atoms with Gasteiger partial charge in [-0.25, -0.2) is 0 Å². The molecule has 3 nitrogen and oxygen atoms in total. The highest BCUT2D eigenvalue weighted by molar-refractivity contribution is 6.78. The summed E-state index contributed by atoms with van der Waals surface area (Å²) in [6.07, 6.45) is 12.5. The van der Waals surface area contributed by atoms with Crippen LogP contribution in [-0.4, -0.2) is 34.6 Å². The predicted octanol–water partition coefficient (Wildman–Crippen LogP) is 12.1. The molecule has 0 spiro atoms. The molecule has 3 rings (SSSR count). The van der Waals surface area contributed by atoms with E-state index in [0.717, 1.165) is 32.1 Å². The van der Waals surface area contributed by atoms with Gasteiger partial charge in [0.25, 0.3) is 0 Å². The molecule has 3 aliphatic rings. The Hall–Kier alpha value is -0.756. The number of fused-ring (bicyclic) bond motifs is 1. The second-order valence-corrected chi connectivity index (χ2v) is 27.8. The van der Waals surface area contributed by atoms with Gasteiger partial charge in [-0.15, -0.1) is 0 Å². The maximum Gasteiger partial charge on any atom is 0.201 e. The van der Waals surface area contributed by atoms with Crippen LogP contribution in [0.3, 0.4) is 0 Å². The van der Waals surface area contributed by atoms with Crippen LogP contribution in [0.2, 0.25) is 33.2 Å². The monoisotopic (exact) mass is 642 g/mol. The molecular formula is C39H70O3Si2. The van der Waals surface area contributed by atoms with E-state index in [9.17, 15) is 4.79 Å². The van der Waals surface area contributed by atoms with E-state index in [0.29, 0.717) is 44.9 Å². The van der Waals surface area contributed by atoms with Crippen molar-refractivity contribution in [3.05, 3.63) is 35.5 Å². The van der Waals surface area contributed by atoms with Crippen molar-refractivity contribution in [3.8, 4) is 0 Å². The summed E-state index contributed by atoms with van der Waals surface area (Å²) in [5.74, 6) is 1.12. The first kappa shape index (κ1) is 37.7. The van der Waals surface area contributed by atoms with Crippen LogP contribution >= 0.6 is 0 Å². The Morgan fingerprint density at radius 3 is 1.80 bits per heavy atom. The van der Waals surface area contributed by atoms with Gasteiger partial charge in [-0.05, 0) is 101 Å². The van der Waals surface area contributed by atoms with Crippen LogP contribution in [0.5, 0.6) is 0 Å². The Balaban J connectivity index is 2.07. The van der Waals surface area contributed by atoms with Crippen LogP contribution in [0.1, 0.15) is 142 Å². The van der Waals surface area contributed by atoms with Gasteiger partial charge in [0.2, 0.25) is 16.6 Å². The average molecular weight is 643 g/mol. The van der Waals surface area contributed by atoms with Crippen molar-refractivity contribution in [1.29, 1.82) is 0 Å². The molecule has 0 amide bonds. The number of carbonyl (C=O) groups excluding carboxylic acids is 1. The van der Waals surface area contributed by atoms with Gasteiger partial charge in [-0.2, -0.15) is 0 Å². The van der Waals surface area contributed by atoms with Gasteiger partial charge >= 0.3 is 0 Å². The van der Waals surface area contributed by atoms with Gasteiger partial charge in [0, 0.05) is 12.3 Å². The Morgan fingerprint density at radius 2 is 1.32 bits per heavy atom. The minimum atomic E-state index is -2.12. The van der Waals surface area contributed by atoms with E-state index < -0.39 is 16.6 Å². The molecule has 0 unspecified atom stereocenters. The minimum Gasteiger partial charge on any atom is -0.413 e. The Bertz CT molecular complexity index is 1040. The average Bonchev–Trinajstić information content (AvgIpc) is 3.27. The number of carbonyl (C=O) groups is 1. The summed E-state index contributed by atoms with van der Waals surface area (Å²) in [5, 5.41) is 0.